The van der Waals surface area contributed by atoms with Crippen LogP contribution in [0, 0.1) is 6.33 Å². The van der Waals surface area contributed by atoms with E-state index in [0.717, 1.165) is 56.0 Å². The second kappa shape index (κ2) is 16.2. The van der Waals surface area contributed by atoms with Gasteiger partial charge >= 0.3 is 0 Å². The number of benzene rings is 8. The Kier molecular flexibility index (Phi) is 9.99. The van der Waals surface area contributed by atoms with Crippen molar-refractivity contribution in [2.75, 3.05) is 0 Å². The zero-order valence-electron chi connectivity index (χ0n) is 47.3. The summed E-state index contributed by atoms with van der Waals surface area (Å²) in [4.78, 5) is 4.93. The van der Waals surface area contributed by atoms with Gasteiger partial charge in [-0.1, -0.05) is 174 Å². The Balaban J connectivity index is 1.00. The molecule has 6 nitrogen and oxygen atoms in total. The topological polar surface area (TPSA) is 40.8 Å². The van der Waals surface area contributed by atoms with E-state index in [1.807, 2.05) is 12.3 Å². The minimum Gasteiger partial charge on any atom is -0.458 e. The van der Waals surface area contributed by atoms with Gasteiger partial charge in [-0.15, -0.1) is 0 Å². The van der Waals surface area contributed by atoms with Crippen LogP contribution < -0.4 is 9.30 Å². The molecule has 386 valence electrons. The van der Waals surface area contributed by atoms with Crippen molar-refractivity contribution in [3.05, 3.63) is 221 Å². The van der Waals surface area contributed by atoms with Crippen LogP contribution in [0.3, 0.4) is 0 Å². The highest BCUT2D eigenvalue weighted by atomic mass is 16.5. The van der Waals surface area contributed by atoms with E-state index >= 15 is 0 Å². The van der Waals surface area contributed by atoms with Crippen LogP contribution in [0.1, 0.15) is 128 Å². The van der Waals surface area contributed by atoms with Gasteiger partial charge in [0.1, 0.15) is 17.3 Å². The maximum atomic E-state index is 7.19. The predicted molar refractivity (Wildman–Crippen MR) is 322 cm³/mol. The minimum atomic E-state index is -0.675. The Bertz CT molecular complexity index is 4380. The molecule has 0 saturated heterocycles. The largest absolute Gasteiger partial charge is 0.458 e. The summed E-state index contributed by atoms with van der Waals surface area (Å²) in [6, 6.07) is 60.9. The molecule has 0 saturated carbocycles. The fraction of sp³-hybridized carbons (Fsp3) is 0.250. The van der Waals surface area contributed by atoms with Gasteiger partial charge in [0.15, 0.2) is 0 Å². The van der Waals surface area contributed by atoms with E-state index in [1.54, 1.807) is 0 Å². The molecular weight excluding hydrogens is 951 g/mol. The average molecular weight is 1020 g/mol. The van der Waals surface area contributed by atoms with Crippen molar-refractivity contribution in [3.63, 3.8) is 0 Å². The first kappa shape index (κ1) is 48.2. The van der Waals surface area contributed by atoms with Crippen molar-refractivity contribution in [2.24, 2.45) is 7.05 Å². The minimum absolute atomic E-state index is 0.0705. The summed E-state index contributed by atoms with van der Waals surface area (Å²) < 4.78 is 16.3. The Hall–Kier alpha value is -8.22. The normalized spacial score (nSPS) is 14.1. The molecule has 78 heavy (non-hydrogen) atoms. The zero-order chi connectivity index (χ0) is 54.2. The number of para-hydroxylation sites is 3. The highest BCUT2D eigenvalue weighted by Crippen LogP contribution is 2.65. The highest BCUT2D eigenvalue weighted by Gasteiger charge is 2.54. The van der Waals surface area contributed by atoms with Crippen molar-refractivity contribution in [2.45, 2.75) is 110 Å². The van der Waals surface area contributed by atoms with Crippen LogP contribution in [0.5, 0.6) is 11.5 Å². The van der Waals surface area contributed by atoms with Crippen molar-refractivity contribution in [1.29, 1.82) is 0 Å². The van der Waals surface area contributed by atoms with Crippen LogP contribution in [0.4, 0.5) is 0 Å². The fourth-order valence-electron chi connectivity index (χ4n) is 13.5. The summed E-state index contributed by atoms with van der Waals surface area (Å²) in [6.45, 7) is 28.6. The number of imidazole rings is 1. The monoisotopic (exact) mass is 1020 g/mol. The second-order valence-electron chi connectivity index (χ2n) is 26.4. The number of aromatic nitrogens is 5. The van der Waals surface area contributed by atoms with Crippen LogP contribution in [0.15, 0.2) is 170 Å². The van der Waals surface area contributed by atoms with Crippen LogP contribution in [0.25, 0.3) is 83.0 Å². The molecule has 0 N–H and O–H groups in total. The maximum absolute atomic E-state index is 7.19. The molecule has 6 heteroatoms. The molecule has 0 atom stereocenters. The smallest absolute Gasteiger partial charge is 0.244 e. The zero-order valence-corrected chi connectivity index (χ0v) is 47.3. The highest BCUT2D eigenvalue weighted by molar-refractivity contribution is 6.12. The van der Waals surface area contributed by atoms with Gasteiger partial charge in [-0.3, -0.25) is 4.57 Å². The first-order valence-corrected chi connectivity index (χ1v) is 27.8. The summed E-state index contributed by atoms with van der Waals surface area (Å²) >= 11 is 0. The Labute approximate surface area is 458 Å². The number of rotatable bonds is 4. The first-order chi connectivity index (χ1) is 37.1. The van der Waals surface area contributed by atoms with Gasteiger partial charge in [0.25, 0.3) is 0 Å². The third kappa shape index (κ3) is 6.80. The van der Waals surface area contributed by atoms with Gasteiger partial charge < -0.3 is 18.4 Å². The van der Waals surface area contributed by atoms with Gasteiger partial charge in [-0.05, 0) is 144 Å². The van der Waals surface area contributed by atoms with Crippen molar-refractivity contribution in [1.82, 2.24) is 18.7 Å². The lowest BCUT2D eigenvalue weighted by Gasteiger charge is -2.45. The fourth-order valence-corrected chi connectivity index (χ4v) is 13.5. The van der Waals surface area contributed by atoms with E-state index in [9.17, 15) is 0 Å². The number of pyridine rings is 1. The molecule has 0 fully saturated rings. The molecule has 2 aliphatic rings. The molecule has 1 spiro atoms. The second-order valence-corrected chi connectivity index (χ2v) is 26.4. The molecule has 8 aromatic carbocycles. The van der Waals surface area contributed by atoms with E-state index < -0.39 is 5.41 Å². The third-order valence-corrected chi connectivity index (χ3v) is 17.2. The number of ether oxygens (including phenoxy) is 1. The molecule has 0 radical (unpaired) electrons. The molecule has 1 aliphatic heterocycles. The lowest BCUT2D eigenvalue weighted by atomic mass is 9.60. The summed E-state index contributed by atoms with van der Waals surface area (Å²) in [6.07, 6.45) is 5.68. The van der Waals surface area contributed by atoms with Crippen LogP contribution in [0.2, 0.25) is 0 Å². The molecule has 12 aromatic rings. The lowest BCUT2D eigenvalue weighted by molar-refractivity contribution is -0.649. The van der Waals surface area contributed by atoms with Gasteiger partial charge in [-0.2, -0.15) is 0 Å². The van der Waals surface area contributed by atoms with Gasteiger partial charge in [-0.25, -0.2) is 4.98 Å². The lowest BCUT2D eigenvalue weighted by Crippen LogP contribution is -2.38. The molecule has 0 amide bonds. The van der Waals surface area contributed by atoms with Crippen molar-refractivity contribution < 1.29 is 9.30 Å². The summed E-state index contributed by atoms with van der Waals surface area (Å²) in [5.41, 5.74) is 21.2. The number of fused-ring (bicyclic) bond motifs is 15. The van der Waals surface area contributed by atoms with Crippen molar-refractivity contribution >= 4 is 54.6 Å². The quantitative estimate of drug-likeness (QED) is 0.130. The molecule has 0 unspecified atom stereocenters. The summed E-state index contributed by atoms with van der Waals surface area (Å²) in [7, 11) is 2.13. The van der Waals surface area contributed by atoms with E-state index in [-0.39, 0.29) is 21.7 Å². The average Bonchev–Trinajstić information content (AvgIpc) is 2.47. The Morgan fingerprint density at radius 3 is 1.65 bits per heavy atom. The summed E-state index contributed by atoms with van der Waals surface area (Å²) in [5.74, 6) is 2.35. The van der Waals surface area contributed by atoms with E-state index in [0.29, 0.717) is 0 Å². The van der Waals surface area contributed by atoms with Gasteiger partial charge in [0.05, 0.1) is 51.3 Å². The standard InChI is InChI=1S/C72H67N5O/c1-68(2,3)43-35-52-53-36-44(69(4,5)6)38-57(71(10,11)12)66(53)72(65(52)56(37-43)70(7,8)9)54-32-30-47(41-63(54)75-42-74(13)61-26-20-23-55(72)67(61)75)78-46-29-31-50-51-39-45(28-33-60(51)77(62(50)40-46)64-27-18-19-34-73-64)76-58-24-16-14-21-48(58)49-22-15-17-25-59(49)76/h14-41H,1-13H3. The molecule has 14 rings (SSSR count). The van der Waals surface area contributed by atoms with E-state index in [4.69, 9.17) is 9.72 Å². The molecular formula is C72H67N5O. The molecule has 5 heterocycles. The Morgan fingerprint density at radius 2 is 1.05 bits per heavy atom. The Morgan fingerprint density at radius 1 is 0.474 bits per heavy atom. The van der Waals surface area contributed by atoms with Gasteiger partial charge in [0, 0.05) is 39.5 Å². The maximum Gasteiger partial charge on any atom is 0.244 e. The van der Waals surface area contributed by atoms with Gasteiger partial charge in [0.2, 0.25) is 6.33 Å². The first-order valence-electron chi connectivity index (χ1n) is 27.8. The van der Waals surface area contributed by atoms with E-state index in [2.05, 4.69) is 272 Å². The van der Waals surface area contributed by atoms with Crippen LogP contribution >= 0.6 is 0 Å². The number of aryl methyl sites for hydroxylation is 1. The number of hydrogen-bond acceptors (Lipinski definition) is 2. The third-order valence-electron chi connectivity index (χ3n) is 17.2. The molecule has 0 bridgehead atoms. The predicted octanol–water partition coefficient (Wildman–Crippen LogP) is 17.5. The molecule has 4 aromatic heterocycles. The van der Waals surface area contributed by atoms with Crippen LogP contribution in [-0.4, -0.2) is 18.7 Å². The van der Waals surface area contributed by atoms with Crippen molar-refractivity contribution in [3.8, 4) is 39.8 Å². The summed E-state index contributed by atoms with van der Waals surface area (Å²) in [5, 5.41) is 4.75. The van der Waals surface area contributed by atoms with Crippen LogP contribution in [-0.2, 0) is 34.1 Å². The SMILES string of the molecule is C[n+]1[c-]n2c3c(cccc31)C1(c3ccc(Oc4ccc5c6cc(-n7c8ccccc8c8ccccc87)ccc6n(-c6ccccn6)c5c4)cc3-2)c2c(cc(C(C)(C)C)cc2C(C)(C)C)-c2cc(C(C)(C)C)cc(C(C)(C)C)c21. The number of hydrogen-bond donors (Lipinski definition) is 0. The molecule has 1 aliphatic carbocycles. The van der Waals surface area contributed by atoms with E-state index in [1.165, 1.54) is 83.0 Å². The number of nitrogens with zero attached hydrogens (tertiary/aromatic N) is 5.